The van der Waals surface area contributed by atoms with Crippen molar-refractivity contribution < 1.29 is 29.4 Å². The van der Waals surface area contributed by atoms with E-state index in [0.29, 0.717) is 74.8 Å². The summed E-state index contributed by atoms with van der Waals surface area (Å²) in [6.45, 7) is 4.85. The zero-order chi connectivity index (χ0) is 35.1. The summed E-state index contributed by atoms with van der Waals surface area (Å²) in [5.74, 6) is -3.12. The molecule has 0 aliphatic carbocycles. The molecular weight excluding hydrogens is 628 g/mol. The van der Waals surface area contributed by atoms with Crippen molar-refractivity contribution in [3.63, 3.8) is 0 Å². The quantitative estimate of drug-likeness (QED) is 0.0877. The Kier molecular flexibility index (Phi) is 8.37. The van der Waals surface area contributed by atoms with Crippen LogP contribution in [-0.4, -0.2) is 47.1 Å². The number of rotatable bonds is 10. The molecule has 0 saturated heterocycles. The van der Waals surface area contributed by atoms with Crippen LogP contribution in [0.2, 0.25) is 0 Å². The summed E-state index contributed by atoms with van der Waals surface area (Å²) in [5.41, 5.74) is 4.98. The molecule has 0 aliphatic rings. The molecule has 7 aromatic carbocycles. The minimum Gasteiger partial charge on any atom is -0.478 e. The number of nitrogens with one attached hydrogen (secondary N) is 2. The zero-order valence-corrected chi connectivity index (χ0v) is 27.6. The third-order valence-corrected chi connectivity index (χ3v) is 9.73. The molecule has 0 spiro atoms. The van der Waals surface area contributed by atoms with E-state index < -0.39 is 11.9 Å². The van der Waals surface area contributed by atoms with Gasteiger partial charge in [0, 0.05) is 35.0 Å². The van der Waals surface area contributed by atoms with Gasteiger partial charge in [-0.05, 0) is 106 Å². The summed E-state index contributed by atoms with van der Waals surface area (Å²) in [7, 11) is 0. The predicted octanol–water partition coefficient (Wildman–Crippen LogP) is 7.70. The van der Waals surface area contributed by atoms with Crippen LogP contribution in [0.3, 0.4) is 0 Å². The van der Waals surface area contributed by atoms with E-state index in [1.165, 1.54) is 12.1 Å². The number of carbonyl (C=O) groups excluding carboxylic acids is 2. The van der Waals surface area contributed by atoms with E-state index >= 15 is 0 Å². The SMILES string of the molecule is Cc1ccccc1CCNC(=O)c1ccc2c3ccc(C(=O)O)c4c(C(=O)O)ccc(c5ccc(C(=O)NCCc6ccccc6C)c1c25)c43. The maximum absolute atomic E-state index is 14.0. The summed E-state index contributed by atoms with van der Waals surface area (Å²) in [4.78, 5) is 52.6. The van der Waals surface area contributed by atoms with Crippen molar-refractivity contribution >= 4 is 66.8 Å². The average molecular weight is 663 g/mol. The highest BCUT2D eigenvalue weighted by atomic mass is 16.4. The summed E-state index contributed by atoms with van der Waals surface area (Å²) in [6, 6.07) is 29.2. The Hall–Kier alpha value is -6.28. The Labute approximate surface area is 287 Å². The normalized spacial score (nSPS) is 11.4. The second kappa shape index (κ2) is 13.0. The minimum absolute atomic E-state index is 0.114. The van der Waals surface area contributed by atoms with Gasteiger partial charge in [0.2, 0.25) is 0 Å². The fourth-order valence-corrected chi connectivity index (χ4v) is 7.22. The molecule has 248 valence electrons. The molecule has 0 saturated carbocycles. The molecule has 0 fully saturated rings. The van der Waals surface area contributed by atoms with Crippen LogP contribution < -0.4 is 10.6 Å². The van der Waals surface area contributed by atoms with Crippen LogP contribution in [0.15, 0.2) is 97.1 Å². The van der Waals surface area contributed by atoms with Crippen LogP contribution >= 0.6 is 0 Å². The van der Waals surface area contributed by atoms with Gasteiger partial charge in [-0.2, -0.15) is 0 Å². The maximum atomic E-state index is 14.0. The molecule has 4 N–H and O–H groups in total. The lowest BCUT2D eigenvalue weighted by atomic mass is 9.84. The number of hydrogen-bond acceptors (Lipinski definition) is 4. The first-order chi connectivity index (χ1) is 24.2. The molecule has 0 bridgehead atoms. The van der Waals surface area contributed by atoms with E-state index in [0.717, 1.165) is 22.3 Å². The largest absolute Gasteiger partial charge is 0.478 e. The summed E-state index contributed by atoms with van der Waals surface area (Å²) >= 11 is 0. The fraction of sp³-hybridized carbons (Fsp3) is 0.143. The number of carbonyl (C=O) groups is 4. The molecule has 7 aromatic rings. The third-order valence-electron chi connectivity index (χ3n) is 9.73. The molecule has 0 heterocycles. The molecule has 2 amide bonds. The number of aromatic carboxylic acids is 2. The Morgan fingerprint density at radius 3 is 1.16 bits per heavy atom. The average Bonchev–Trinajstić information content (AvgIpc) is 3.11. The molecule has 8 nitrogen and oxygen atoms in total. The molecule has 8 heteroatoms. The Morgan fingerprint density at radius 1 is 0.460 bits per heavy atom. The van der Waals surface area contributed by atoms with Gasteiger partial charge >= 0.3 is 11.9 Å². The lowest BCUT2D eigenvalue weighted by Crippen LogP contribution is -2.28. The second-order valence-electron chi connectivity index (χ2n) is 12.6. The molecule has 7 rings (SSSR count). The number of carboxylic acids is 2. The van der Waals surface area contributed by atoms with E-state index in [1.54, 1.807) is 36.4 Å². The van der Waals surface area contributed by atoms with E-state index in [9.17, 15) is 29.4 Å². The van der Waals surface area contributed by atoms with E-state index in [-0.39, 0.29) is 28.3 Å². The van der Waals surface area contributed by atoms with Crippen molar-refractivity contribution in [2.24, 2.45) is 0 Å². The molecule has 0 unspecified atom stereocenters. The van der Waals surface area contributed by atoms with Gasteiger partial charge in [0.25, 0.3) is 11.8 Å². The summed E-state index contributed by atoms with van der Waals surface area (Å²) < 4.78 is 0. The van der Waals surface area contributed by atoms with Crippen LogP contribution in [0.25, 0.3) is 43.1 Å². The van der Waals surface area contributed by atoms with E-state index in [4.69, 9.17) is 0 Å². The topological polar surface area (TPSA) is 133 Å². The standard InChI is InChI=1S/C42H34N2O6/c1-23-7-3-5-9-25(23)19-21-43-39(45)31-15-11-27-29-13-17-33(41(47)48)38-34(42(49)50)18-14-30(36(29)38)28-12-16-32(37(31)35(27)28)40(46)44-22-20-26-10-6-4-8-24(26)2/h3-18H,19-22H2,1-2H3,(H,43,45)(H,44,46)(H,47,48)(H,49,50). The van der Waals surface area contributed by atoms with Crippen molar-refractivity contribution in [2.45, 2.75) is 26.7 Å². The number of hydrogen-bond donors (Lipinski definition) is 4. The number of benzene rings is 7. The number of aryl methyl sites for hydroxylation is 2. The zero-order valence-electron chi connectivity index (χ0n) is 27.6. The van der Waals surface area contributed by atoms with Crippen LogP contribution in [0, 0.1) is 13.8 Å². The van der Waals surface area contributed by atoms with Gasteiger partial charge in [-0.1, -0.05) is 72.8 Å². The molecule has 0 aliphatic heterocycles. The Balaban J connectivity index is 1.39. The monoisotopic (exact) mass is 662 g/mol. The molecule has 50 heavy (non-hydrogen) atoms. The van der Waals surface area contributed by atoms with Crippen molar-refractivity contribution in [3.05, 3.63) is 142 Å². The van der Waals surface area contributed by atoms with Crippen molar-refractivity contribution in [3.8, 4) is 0 Å². The van der Waals surface area contributed by atoms with E-state index in [1.807, 2.05) is 62.4 Å². The van der Waals surface area contributed by atoms with Gasteiger partial charge in [0.15, 0.2) is 0 Å². The first-order valence-electron chi connectivity index (χ1n) is 16.5. The van der Waals surface area contributed by atoms with Crippen LogP contribution in [0.4, 0.5) is 0 Å². The predicted molar refractivity (Wildman–Crippen MR) is 196 cm³/mol. The van der Waals surface area contributed by atoms with Gasteiger partial charge in [0.05, 0.1) is 11.1 Å². The third kappa shape index (κ3) is 5.54. The van der Waals surface area contributed by atoms with Crippen LogP contribution in [0.5, 0.6) is 0 Å². The molecule has 0 radical (unpaired) electrons. The van der Waals surface area contributed by atoms with E-state index in [2.05, 4.69) is 10.6 Å². The highest BCUT2D eigenvalue weighted by molar-refractivity contribution is 6.38. The van der Waals surface area contributed by atoms with Gasteiger partial charge < -0.3 is 20.8 Å². The van der Waals surface area contributed by atoms with Gasteiger partial charge in [-0.3, -0.25) is 9.59 Å². The molecule has 0 aromatic heterocycles. The summed E-state index contributed by atoms with van der Waals surface area (Å²) in [6.07, 6.45) is 1.28. The first kappa shape index (κ1) is 32.3. The van der Waals surface area contributed by atoms with Crippen LogP contribution in [-0.2, 0) is 12.8 Å². The minimum atomic E-state index is -1.23. The lowest BCUT2D eigenvalue weighted by molar-refractivity contribution is 0.0695. The number of fused-ring (bicyclic) bond motifs is 2. The van der Waals surface area contributed by atoms with Crippen molar-refractivity contribution in [1.82, 2.24) is 10.6 Å². The number of carboxylic acid groups (broad SMARTS) is 2. The van der Waals surface area contributed by atoms with Gasteiger partial charge in [-0.15, -0.1) is 0 Å². The van der Waals surface area contributed by atoms with Gasteiger partial charge in [-0.25, -0.2) is 9.59 Å². The lowest BCUT2D eigenvalue weighted by Gasteiger charge is -2.20. The Bertz CT molecular complexity index is 2350. The fourth-order valence-electron chi connectivity index (χ4n) is 7.22. The van der Waals surface area contributed by atoms with Crippen molar-refractivity contribution in [1.29, 1.82) is 0 Å². The highest BCUT2D eigenvalue weighted by Crippen LogP contribution is 2.44. The smallest absolute Gasteiger partial charge is 0.336 e. The Morgan fingerprint density at radius 2 is 0.800 bits per heavy atom. The van der Waals surface area contributed by atoms with Gasteiger partial charge in [0.1, 0.15) is 0 Å². The number of amides is 2. The summed E-state index contributed by atoms with van der Waals surface area (Å²) in [5, 5.41) is 30.6. The molecule has 0 atom stereocenters. The first-order valence-corrected chi connectivity index (χ1v) is 16.5. The van der Waals surface area contributed by atoms with Crippen molar-refractivity contribution in [2.75, 3.05) is 13.1 Å². The molecular formula is C42H34N2O6. The van der Waals surface area contributed by atoms with Crippen LogP contribution in [0.1, 0.15) is 63.7 Å². The highest BCUT2D eigenvalue weighted by Gasteiger charge is 2.25. The maximum Gasteiger partial charge on any atom is 0.336 e. The second-order valence-corrected chi connectivity index (χ2v) is 12.6.